The molecule has 2 fully saturated rings. The molecule has 3 rings (SSSR count). The number of carbonyl (C=O) groups excluding carboxylic acids is 1. The molecule has 92 valence electrons. The molecule has 17 heavy (non-hydrogen) atoms. The Morgan fingerprint density at radius 2 is 2.35 bits per heavy atom. The molecule has 4 nitrogen and oxygen atoms in total. The predicted molar refractivity (Wildman–Crippen MR) is 66.7 cm³/mol. The molecule has 1 saturated carbocycles. The first-order valence-electron chi connectivity index (χ1n) is 6.01. The quantitative estimate of drug-likeness (QED) is 0.757. The van der Waals surface area contributed by atoms with Crippen molar-refractivity contribution in [1.29, 1.82) is 0 Å². The lowest BCUT2D eigenvalue weighted by Crippen LogP contribution is -2.31. The lowest BCUT2D eigenvalue weighted by atomic mass is 10.1. The number of aromatic nitrogens is 1. The molecular formula is C12H16N2O2S. The number of methoxy groups -OCH3 is 1. The number of ether oxygens (including phenoxy) is 1. The Morgan fingerprint density at radius 3 is 2.94 bits per heavy atom. The van der Waals surface area contributed by atoms with Crippen LogP contribution in [0.15, 0.2) is 0 Å². The molecule has 5 heteroatoms. The summed E-state index contributed by atoms with van der Waals surface area (Å²) in [7, 11) is 1.42. The van der Waals surface area contributed by atoms with E-state index in [1.165, 1.54) is 37.7 Å². The van der Waals surface area contributed by atoms with Crippen LogP contribution in [0.4, 0.5) is 5.13 Å². The van der Waals surface area contributed by atoms with E-state index in [1.807, 2.05) is 6.92 Å². The Hall–Kier alpha value is -1.10. The molecule has 2 aliphatic rings. The molecule has 1 aliphatic carbocycles. The van der Waals surface area contributed by atoms with Crippen molar-refractivity contribution < 1.29 is 9.53 Å². The lowest BCUT2D eigenvalue weighted by molar-refractivity contribution is 0.0605. The highest BCUT2D eigenvalue weighted by atomic mass is 32.1. The third-order valence-electron chi connectivity index (χ3n) is 3.81. The van der Waals surface area contributed by atoms with Gasteiger partial charge in [-0.25, -0.2) is 9.78 Å². The summed E-state index contributed by atoms with van der Waals surface area (Å²) < 4.78 is 4.77. The van der Waals surface area contributed by atoms with Crippen LogP contribution in [0, 0.1) is 12.8 Å². The molecule has 1 aromatic rings. The molecule has 0 spiro atoms. The minimum atomic E-state index is -0.268. The Kier molecular flexibility index (Phi) is 2.58. The highest BCUT2D eigenvalue weighted by Gasteiger charge is 2.39. The van der Waals surface area contributed by atoms with Crippen LogP contribution in [-0.4, -0.2) is 30.6 Å². The van der Waals surface area contributed by atoms with Crippen LogP contribution in [0.5, 0.6) is 0 Å². The van der Waals surface area contributed by atoms with Crippen molar-refractivity contribution in [2.24, 2.45) is 5.92 Å². The number of piperidine rings is 1. The first-order valence-corrected chi connectivity index (χ1v) is 6.83. The zero-order valence-electron chi connectivity index (χ0n) is 10.1. The maximum Gasteiger partial charge on any atom is 0.350 e. The number of anilines is 1. The van der Waals surface area contributed by atoms with E-state index < -0.39 is 0 Å². The van der Waals surface area contributed by atoms with Crippen LogP contribution in [-0.2, 0) is 4.74 Å². The molecule has 1 aromatic heterocycles. The molecule has 1 aliphatic heterocycles. The van der Waals surface area contributed by atoms with Gasteiger partial charge in [0, 0.05) is 12.6 Å². The van der Waals surface area contributed by atoms with Gasteiger partial charge in [-0.2, -0.15) is 0 Å². The molecule has 1 saturated heterocycles. The molecule has 0 aromatic carbocycles. The minimum absolute atomic E-state index is 0.268. The maximum atomic E-state index is 11.6. The van der Waals surface area contributed by atoms with Gasteiger partial charge < -0.3 is 9.64 Å². The number of hydrogen-bond acceptors (Lipinski definition) is 5. The van der Waals surface area contributed by atoms with Gasteiger partial charge in [-0.1, -0.05) is 11.3 Å². The summed E-state index contributed by atoms with van der Waals surface area (Å²) in [5.41, 5.74) is 0.791. The van der Waals surface area contributed by atoms with Gasteiger partial charge in [0.05, 0.1) is 12.8 Å². The van der Waals surface area contributed by atoms with E-state index in [0.717, 1.165) is 23.3 Å². The first-order chi connectivity index (χ1) is 8.19. The Labute approximate surface area is 105 Å². The predicted octanol–water partition coefficient (Wildman–Crippen LogP) is 2.23. The summed E-state index contributed by atoms with van der Waals surface area (Å²) in [5.74, 6) is 0.571. The van der Waals surface area contributed by atoms with E-state index in [1.54, 1.807) is 0 Å². The number of rotatable bonds is 2. The standard InChI is InChI=1S/C12H16N2O2S/c1-7-10(11(15)16-2)17-12(13-7)14-6-8-3-4-9(14)5-8/h8-9H,3-6H2,1-2H3. The summed E-state index contributed by atoms with van der Waals surface area (Å²) in [5, 5.41) is 0.995. The van der Waals surface area contributed by atoms with E-state index in [0.29, 0.717) is 10.9 Å². The van der Waals surface area contributed by atoms with Gasteiger partial charge in [0.2, 0.25) is 0 Å². The van der Waals surface area contributed by atoms with E-state index in [9.17, 15) is 4.79 Å². The molecular weight excluding hydrogens is 236 g/mol. The summed E-state index contributed by atoms with van der Waals surface area (Å²) >= 11 is 1.47. The largest absolute Gasteiger partial charge is 0.465 e. The van der Waals surface area contributed by atoms with Gasteiger partial charge in [-0.3, -0.25) is 0 Å². The fourth-order valence-electron chi connectivity index (χ4n) is 2.95. The van der Waals surface area contributed by atoms with Crippen molar-refractivity contribution >= 4 is 22.4 Å². The van der Waals surface area contributed by atoms with Gasteiger partial charge in [0.1, 0.15) is 4.88 Å². The molecule has 2 unspecified atom stereocenters. The van der Waals surface area contributed by atoms with Gasteiger partial charge in [0.15, 0.2) is 5.13 Å². The average Bonchev–Trinajstić information content (AvgIpc) is 3.01. The second-order valence-electron chi connectivity index (χ2n) is 4.89. The lowest BCUT2D eigenvalue weighted by Gasteiger charge is -2.26. The zero-order valence-corrected chi connectivity index (χ0v) is 10.9. The number of fused-ring (bicyclic) bond motifs is 2. The van der Waals surface area contributed by atoms with Gasteiger partial charge in [-0.15, -0.1) is 0 Å². The summed E-state index contributed by atoms with van der Waals surface area (Å²) in [6.45, 7) is 2.98. The first kappa shape index (κ1) is 11.0. The molecule has 0 radical (unpaired) electrons. The van der Waals surface area contributed by atoms with Crippen molar-refractivity contribution in [1.82, 2.24) is 4.98 Å². The number of carbonyl (C=O) groups is 1. The van der Waals surface area contributed by atoms with E-state index in [4.69, 9.17) is 4.74 Å². The van der Waals surface area contributed by atoms with Gasteiger partial charge >= 0.3 is 5.97 Å². The Bertz CT molecular complexity index is 457. The smallest absolute Gasteiger partial charge is 0.350 e. The normalized spacial score (nSPS) is 26.6. The number of hydrogen-bond donors (Lipinski definition) is 0. The van der Waals surface area contributed by atoms with E-state index in [-0.39, 0.29) is 5.97 Å². The highest BCUT2D eigenvalue weighted by molar-refractivity contribution is 7.17. The summed E-state index contributed by atoms with van der Waals surface area (Å²) in [6, 6.07) is 0.649. The number of nitrogens with zero attached hydrogens (tertiary/aromatic N) is 2. The van der Waals surface area contributed by atoms with Crippen LogP contribution in [0.3, 0.4) is 0 Å². The Morgan fingerprint density at radius 1 is 1.53 bits per heavy atom. The second kappa shape index (κ2) is 3.98. The van der Waals surface area contributed by atoms with Crippen LogP contribution >= 0.6 is 11.3 Å². The van der Waals surface area contributed by atoms with Crippen molar-refractivity contribution in [3.05, 3.63) is 10.6 Å². The summed E-state index contributed by atoms with van der Waals surface area (Å²) in [4.78, 5) is 19.1. The van der Waals surface area contributed by atoms with Crippen LogP contribution in [0.25, 0.3) is 0 Å². The number of thiazole rings is 1. The fourth-order valence-corrected chi connectivity index (χ4v) is 4.01. The van der Waals surface area contributed by atoms with Crippen LogP contribution in [0.2, 0.25) is 0 Å². The van der Waals surface area contributed by atoms with Crippen molar-refractivity contribution in [2.45, 2.75) is 32.2 Å². The van der Waals surface area contributed by atoms with E-state index >= 15 is 0 Å². The topological polar surface area (TPSA) is 42.4 Å². The van der Waals surface area contributed by atoms with Gasteiger partial charge in [-0.05, 0) is 32.1 Å². The third-order valence-corrected chi connectivity index (χ3v) is 4.99. The summed E-state index contributed by atoms with van der Waals surface area (Å²) in [6.07, 6.45) is 3.93. The number of aryl methyl sites for hydroxylation is 1. The van der Waals surface area contributed by atoms with Crippen molar-refractivity contribution in [3.63, 3.8) is 0 Å². The SMILES string of the molecule is COC(=O)c1sc(N2CC3CCC2C3)nc1C. The zero-order chi connectivity index (χ0) is 12.0. The van der Waals surface area contributed by atoms with Crippen molar-refractivity contribution in [2.75, 3.05) is 18.6 Å². The monoisotopic (exact) mass is 252 g/mol. The average molecular weight is 252 g/mol. The minimum Gasteiger partial charge on any atom is -0.465 e. The van der Waals surface area contributed by atoms with E-state index in [2.05, 4.69) is 9.88 Å². The van der Waals surface area contributed by atoms with Crippen LogP contribution < -0.4 is 4.90 Å². The molecule has 2 atom stereocenters. The molecule has 0 amide bonds. The van der Waals surface area contributed by atoms with Gasteiger partial charge in [0.25, 0.3) is 0 Å². The molecule has 0 N–H and O–H groups in total. The van der Waals surface area contributed by atoms with Crippen molar-refractivity contribution in [3.8, 4) is 0 Å². The molecule has 2 heterocycles. The third kappa shape index (κ3) is 1.73. The Balaban J connectivity index is 1.87. The fraction of sp³-hybridized carbons (Fsp3) is 0.667. The highest BCUT2D eigenvalue weighted by Crippen LogP contribution is 2.41. The maximum absolute atomic E-state index is 11.6. The molecule has 2 bridgehead atoms. The second-order valence-corrected chi connectivity index (χ2v) is 5.87. The number of esters is 1. The van der Waals surface area contributed by atoms with Crippen LogP contribution in [0.1, 0.15) is 34.6 Å².